The van der Waals surface area contributed by atoms with Gasteiger partial charge in [-0.05, 0) is 32.1 Å². The van der Waals surface area contributed by atoms with Crippen molar-refractivity contribution in [1.82, 2.24) is 0 Å². The van der Waals surface area contributed by atoms with Gasteiger partial charge in [0.1, 0.15) is 0 Å². The molecule has 76 valence electrons. The molecule has 3 nitrogen and oxygen atoms in total. The first-order valence-electron chi connectivity index (χ1n) is 5.06. The van der Waals surface area contributed by atoms with Gasteiger partial charge in [-0.25, -0.2) is 4.79 Å². The third-order valence-electron chi connectivity index (χ3n) is 2.98. The van der Waals surface area contributed by atoms with E-state index in [2.05, 4.69) is 0 Å². The third kappa shape index (κ3) is 2.02. The SMILES string of the molecule is CCC(CC)(OC1CCC1)C(=O)O. The molecule has 0 radical (unpaired) electrons. The summed E-state index contributed by atoms with van der Waals surface area (Å²) < 4.78 is 5.63. The van der Waals surface area contributed by atoms with E-state index in [1.807, 2.05) is 13.8 Å². The molecule has 0 aromatic carbocycles. The monoisotopic (exact) mass is 186 g/mol. The highest BCUT2D eigenvalue weighted by molar-refractivity contribution is 5.77. The Morgan fingerprint density at radius 1 is 1.46 bits per heavy atom. The molecular formula is C10H18O3. The molecule has 0 aliphatic heterocycles. The van der Waals surface area contributed by atoms with Gasteiger partial charge in [0.25, 0.3) is 0 Å². The van der Waals surface area contributed by atoms with Crippen LogP contribution in [0.5, 0.6) is 0 Å². The van der Waals surface area contributed by atoms with Gasteiger partial charge in [0.15, 0.2) is 5.60 Å². The maximum atomic E-state index is 11.0. The van der Waals surface area contributed by atoms with Gasteiger partial charge in [0.2, 0.25) is 0 Å². The molecule has 0 atom stereocenters. The maximum absolute atomic E-state index is 11.0. The Morgan fingerprint density at radius 2 is 2.00 bits per heavy atom. The first-order valence-corrected chi connectivity index (χ1v) is 5.06. The lowest BCUT2D eigenvalue weighted by Crippen LogP contribution is -2.45. The van der Waals surface area contributed by atoms with E-state index in [0.29, 0.717) is 12.8 Å². The lowest BCUT2D eigenvalue weighted by atomic mass is 9.92. The number of rotatable bonds is 5. The third-order valence-corrected chi connectivity index (χ3v) is 2.98. The van der Waals surface area contributed by atoms with Gasteiger partial charge in [-0.15, -0.1) is 0 Å². The molecule has 0 heterocycles. The standard InChI is InChI=1S/C10H18O3/c1-3-10(4-2,9(11)12)13-8-6-5-7-8/h8H,3-7H2,1-2H3,(H,11,12). The van der Waals surface area contributed by atoms with Crippen molar-refractivity contribution in [3.63, 3.8) is 0 Å². The molecule has 1 rings (SSSR count). The van der Waals surface area contributed by atoms with Gasteiger partial charge in [0.05, 0.1) is 6.10 Å². The zero-order valence-electron chi connectivity index (χ0n) is 8.38. The maximum Gasteiger partial charge on any atom is 0.335 e. The number of aliphatic carboxylic acids is 1. The molecule has 1 fully saturated rings. The lowest BCUT2D eigenvalue weighted by molar-refractivity contribution is -0.182. The van der Waals surface area contributed by atoms with Gasteiger partial charge >= 0.3 is 5.97 Å². The summed E-state index contributed by atoms with van der Waals surface area (Å²) >= 11 is 0. The number of carboxylic acid groups (broad SMARTS) is 1. The van der Waals surface area contributed by atoms with Crippen LogP contribution >= 0.6 is 0 Å². The second-order valence-corrected chi connectivity index (χ2v) is 3.68. The second-order valence-electron chi connectivity index (χ2n) is 3.68. The van der Waals surface area contributed by atoms with Crippen molar-refractivity contribution in [3.05, 3.63) is 0 Å². The van der Waals surface area contributed by atoms with Crippen LogP contribution in [0, 0.1) is 0 Å². The molecule has 3 heteroatoms. The van der Waals surface area contributed by atoms with E-state index >= 15 is 0 Å². The molecule has 0 aromatic heterocycles. The molecule has 0 saturated heterocycles. The fraction of sp³-hybridized carbons (Fsp3) is 0.900. The van der Waals surface area contributed by atoms with Crippen molar-refractivity contribution in [1.29, 1.82) is 0 Å². The minimum Gasteiger partial charge on any atom is -0.479 e. The van der Waals surface area contributed by atoms with Gasteiger partial charge in [-0.1, -0.05) is 13.8 Å². The van der Waals surface area contributed by atoms with Crippen molar-refractivity contribution >= 4 is 5.97 Å². The molecule has 1 aliphatic rings. The van der Waals surface area contributed by atoms with E-state index in [9.17, 15) is 4.79 Å². The van der Waals surface area contributed by atoms with Crippen molar-refractivity contribution in [2.24, 2.45) is 0 Å². The van der Waals surface area contributed by atoms with Crippen LogP contribution in [-0.4, -0.2) is 22.8 Å². The van der Waals surface area contributed by atoms with E-state index in [0.717, 1.165) is 12.8 Å². The number of ether oxygens (including phenoxy) is 1. The van der Waals surface area contributed by atoms with Crippen LogP contribution in [0.25, 0.3) is 0 Å². The van der Waals surface area contributed by atoms with E-state index < -0.39 is 11.6 Å². The number of hydrogen-bond acceptors (Lipinski definition) is 2. The first kappa shape index (κ1) is 10.5. The average molecular weight is 186 g/mol. The molecule has 1 saturated carbocycles. The van der Waals surface area contributed by atoms with E-state index in [4.69, 9.17) is 9.84 Å². The fourth-order valence-electron chi connectivity index (χ4n) is 1.58. The van der Waals surface area contributed by atoms with E-state index in [-0.39, 0.29) is 6.10 Å². The Balaban J connectivity index is 2.58. The van der Waals surface area contributed by atoms with Crippen molar-refractivity contribution < 1.29 is 14.6 Å². The van der Waals surface area contributed by atoms with Gasteiger partial charge in [-0.2, -0.15) is 0 Å². The van der Waals surface area contributed by atoms with Crippen molar-refractivity contribution in [2.75, 3.05) is 0 Å². The zero-order valence-corrected chi connectivity index (χ0v) is 8.38. The fourth-order valence-corrected chi connectivity index (χ4v) is 1.58. The predicted molar refractivity (Wildman–Crippen MR) is 49.7 cm³/mol. The number of carbonyl (C=O) groups is 1. The molecule has 0 amide bonds. The quantitative estimate of drug-likeness (QED) is 0.716. The number of hydrogen-bond donors (Lipinski definition) is 1. The summed E-state index contributed by atoms with van der Waals surface area (Å²) in [6, 6.07) is 0. The summed E-state index contributed by atoms with van der Waals surface area (Å²) in [6.07, 6.45) is 4.51. The Labute approximate surface area is 79.1 Å². The van der Waals surface area contributed by atoms with Crippen LogP contribution in [0.3, 0.4) is 0 Å². The van der Waals surface area contributed by atoms with Crippen molar-refractivity contribution in [3.8, 4) is 0 Å². The Bertz CT molecular complexity index is 181. The minimum absolute atomic E-state index is 0.191. The molecule has 0 bridgehead atoms. The molecule has 0 aromatic rings. The van der Waals surface area contributed by atoms with Gasteiger partial charge < -0.3 is 9.84 Å². The van der Waals surface area contributed by atoms with Crippen LogP contribution in [0.2, 0.25) is 0 Å². The molecule has 0 spiro atoms. The van der Waals surface area contributed by atoms with Gasteiger partial charge in [0, 0.05) is 0 Å². The summed E-state index contributed by atoms with van der Waals surface area (Å²) in [5, 5.41) is 9.07. The molecular weight excluding hydrogens is 168 g/mol. The minimum atomic E-state index is -0.926. The van der Waals surface area contributed by atoms with Crippen LogP contribution in [0.4, 0.5) is 0 Å². The average Bonchev–Trinajstić information content (AvgIpc) is 2.04. The summed E-state index contributed by atoms with van der Waals surface area (Å²) in [5.74, 6) is -0.815. The van der Waals surface area contributed by atoms with Crippen LogP contribution < -0.4 is 0 Å². The largest absolute Gasteiger partial charge is 0.479 e. The Morgan fingerprint density at radius 3 is 2.23 bits per heavy atom. The summed E-state index contributed by atoms with van der Waals surface area (Å²) in [4.78, 5) is 11.0. The number of carboxylic acids is 1. The van der Waals surface area contributed by atoms with E-state index in [1.165, 1.54) is 6.42 Å². The first-order chi connectivity index (χ1) is 6.14. The summed E-state index contributed by atoms with van der Waals surface area (Å²) in [6.45, 7) is 3.74. The van der Waals surface area contributed by atoms with Crippen LogP contribution in [0.15, 0.2) is 0 Å². The Hall–Kier alpha value is -0.570. The topological polar surface area (TPSA) is 46.5 Å². The lowest BCUT2D eigenvalue weighted by Gasteiger charge is -2.36. The van der Waals surface area contributed by atoms with E-state index in [1.54, 1.807) is 0 Å². The van der Waals surface area contributed by atoms with Crippen molar-refractivity contribution in [2.45, 2.75) is 57.7 Å². The summed E-state index contributed by atoms with van der Waals surface area (Å²) in [7, 11) is 0. The zero-order chi connectivity index (χ0) is 9.90. The predicted octanol–water partition coefficient (Wildman–Crippen LogP) is 2.20. The molecule has 13 heavy (non-hydrogen) atoms. The highest BCUT2D eigenvalue weighted by Gasteiger charge is 2.39. The second kappa shape index (κ2) is 4.09. The highest BCUT2D eigenvalue weighted by Crippen LogP contribution is 2.31. The van der Waals surface area contributed by atoms with Crippen LogP contribution in [-0.2, 0) is 9.53 Å². The molecule has 1 N–H and O–H groups in total. The summed E-state index contributed by atoms with van der Waals surface area (Å²) in [5.41, 5.74) is -0.926. The molecule has 0 unspecified atom stereocenters. The smallest absolute Gasteiger partial charge is 0.335 e. The Kier molecular flexibility index (Phi) is 3.31. The van der Waals surface area contributed by atoms with Gasteiger partial charge in [-0.3, -0.25) is 0 Å². The molecule has 1 aliphatic carbocycles. The highest BCUT2D eigenvalue weighted by atomic mass is 16.5. The van der Waals surface area contributed by atoms with Crippen LogP contribution in [0.1, 0.15) is 46.0 Å². The normalized spacial score (nSPS) is 18.3.